The number of methoxy groups -OCH3 is 1. The Hall–Kier alpha value is -1.55. The van der Waals surface area contributed by atoms with Crippen molar-refractivity contribution in [3.63, 3.8) is 0 Å². The highest BCUT2D eigenvalue weighted by Gasteiger charge is 2.44. The average Bonchev–Trinajstić information content (AvgIpc) is 2.46. The van der Waals surface area contributed by atoms with E-state index in [1.165, 1.54) is 12.8 Å². The van der Waals surface area contributed by atoms with Crippen molar-refractivity contribution in [2.75, 3.05) is 20.2 Å². The fraction of sp³-hybridized carbons (Fsp3) is 0.562. The van der Waals surface area contributed by atoms with E-state index in [0.29, 0.717) is 17.0 Å². The molecular formula is C16H22N2O2. The van der Waals surface area contributed by atoms with E-state index >= 15 is 0 Å². The highest BCUT2D eigenvalue weighted by molar-refractivity contribution is 5.94. The zero-order valence-electron chi connectivity index (χ0n) is 11.9. The summed E-state index contributed by atoms with van der Waals surface area (Å²) in [6, 6.07) is 7.66. The monoisotopic (exact) mass is 274 g/mol. The molecule has 1 spiro atoms. The summed E-state index contributed by atoms with van der Waals surface area (Å²) in [4.78, 5) is 12.2. The van der Waals surface area contributed by atoms with Gasteiger partial charge in [0.1, 0.15) is 5.75 Å². The van der Waals surface area contributed by atoms with Crippen LogP contribution in [0.3, 0.4) is 0 Å². The molecule has 3 rings (SSSR count). The molecule has 2 N–H and O–H groups in total. The minimum Gasteiger partial charge on any atom is -0.497 e. The number of carbonyl (C=O) groups is 1. The molecule has 2 aliphatic rings. The van der Waals surface area contributed by atoms with E-state index in [4.69, 9.17) is 4.74 Å². The van der Waals surface area contributed by atoms with Crippen molar-refractivity contribution in [2.45, 2.75) is 31.7 Å². The number of carbonyl (C=O) groups excluding carboxylic acids is 1. The van der Waals surface area contributed by atoms with E-state index in [-0.39, 0.29) is 5.91 Å². The number of nitrogens with one attached hydrogen (secondary N) is 2. The molecule has 4 heteroatoms. The van der Waals surface area contributed by atoms with Crippen molar-refractivity contribution < 1.29 is 9.53 Å². The molecule has 1 aromatic carbocycles. The maximum absolute atomic E-state index is 12.2. The maximum Gasteiger partial charge on any atom is 0.251 e. The molecule has 2 fully saturated rings. The predicted molar refractivity (Wildman–Crippen MR) is 78.0 cm³/mol. The first-order chi connectivity index (χ1) is 9.71. The summed E-state index contributed by atoms with van der Waals surface area (Å²) in [5, 5.41) is 6.54. The minimum absolute atomic E-state index is 0.0117. The number of benzene rings is 1. The number of hydrogen-bond donors (Lipinski definition) is 2. The van der Waals surface area contributed by atoms with Gasteiger partial charge in [0.2, 0.25) is 0 Å². The molecule has 4 nitrogen and oxygen atoms in total. The van der Waals surface area contributed by atoms with Crippen LogP contribution in [-0.2, 0) is 0 Å². The number of hydrogen-bond acceptors (Lipinski definition) is 3. The molecule has 0 radical (unpaired) electrons. The largest absolute Gasteiger partial charge is 0.497 e. The van der Waals surface area contributed by atoms with Crippen LogP contribution >= 0.6 is 0 Å². The zero-order chi connectivity index (χ0) is 14.0. The van der Waals surface area contributed by atoms with Gasteiger partial charge in [0.25, 0.3) is 5.91 Å². The van der Waals surface area contributed by atoms with Crippen LogP contribution in [-0.4, -0.2) is 32.1 Å². The fourth-order valence-corrected chi connectivity index (χ4v) is 3.49. The second-order valence-corrected chi connectivity index (χ2v) is 6.06. The van der Waals surface area contributed by atoms with Crippen molar-refractivity contribution in [3.05, 3.63) is 29.8 Å². The molecule has 1 aliphatic heterocycles. The van der Waals surface area contributed by atoms with Gasteiger partial charge >= 0.3 is 0 Å². The predicted octanol–water partition coefficient (Wildman–Crippen LogP) is 1.96. The number of amides is 1. The summed E-state index contributed by atoms with van der Waals surface area (Å²) in [7, 11) is 1.61. The lowest BCUT2D eigenvalue weighted by Crippen LogP contribution is -2.54. The molecule has 0 bridgehead atoms. The van der Waals surface area contributed by atoms with Crippen LogP contribution in [0.1, 0.15) is 36.0 Å². The van der Waals surface area contributed by atoms with E-state index < -0.39 is 0 Å². The van der Waals surface area contributed by atoms with Crippen molar-refractivity contribution in [1.29, 1.82) is 0 Å². The lowest BCUT2D eigenvalue weighted by molar-refractivity contribution is 0.0423. The molecule has 1 amide bonds. The van der Waals surface area contributed by atoms with Gasteiger partial charge in [-0.1, -0.05) is 6.07 Å². The first-order valence-electron chi connectivity index (χ1n) is 7.36. The Morgan fingerprint density at radius 1 is 1.35 bits per heavy atom. The van der Waals surface area contributed by atoms with Gasteiger partial charge in [0.15, 0.2) is 0 Å². The quantitative estimate of drug-likeness (QED) is 0.886. The van der Waals surface area contributed by atoms with Crippen molar-refractivity contribution >= 4 is 5.91 Å². The van der Waals surface area contributed by atoms with Crippen LogP contribution in [0.2, 0.25) is 0 Å². The zero-order valence-corrected chi connectivity index (χ0v) is 11.9. The smallest absolute Gasteiger partial charge is 0.251 e. The molecular weight excluding hydrogens is 252 g/mol. The standard InChI is InChI=1S/C16H22N2O2/c1-20-14-4-2-3-12(9-14)15(19)18-13-10-16(11-13)5-7-17-8-6-16/h2-4,9,13,17H,5-8,10-11H2,1H3,(H,18,19). The molecule has 20 heavy (non-hydrogen) atoms. The van der Waals surface area contributed by atoms with Crippen LogP contribution in [0.15, 0.2) is 24.3 Å². The van der Waals surface area contributed by atoms with Gasteiger partial charge in [-0.25, -0.2) is 0 Å². The maximum atomic E-state index is 12.2. The van der Waals surface area contributed by atoms with Crippen LogP contribution in [0.25, 0.3) is 0 Å². The van der Waals surface area contributed by atoms with Crippen LogP contribution < -0.4 is 15.4 Å². The molecule has 0 aromatic heterocycles. The van der Waals surface area contributed by atoms with Gasteiger partial charge in [-0.15, -0.1) is 0 Å². The minimum atomic E-state index is 0.0117. The van der Waals surface area contributed by atoms with Gasteiger partial charge in [-0.2, -0.15) is 0 Å². The Bertz CT molecular complexity index is 487. The normalized spacial score (nSPS) is 21.2. The Kier molecular flexibility index (Phi) is 3.66. The molecule has 1 heterocycles. The summed E-state index contributed by atoms with van der Waals surface area (Å²) < 4.78 is 5.15. The number of ether oxygens (including phenoxy) is 1. The molecule has 108 valence electrons. The van der Waals surface area contributed by atoms with Crippen LogP contribution in [0.5, 0.6) is 5.75 Å². The Labute approximate surface area is 119 Å². The summed E-state index contributed by atoms with van der Waals surface area (Å²) in [5.41, 5.74) is 1.17. The van der Waals surface area contributed by atoms with Gasteiger partial charge in [0, 0.05) is 11.6 Å². The van der Waals surface area contributed by atoms with Gasteiger partial charge in [-0.3, -0.25) is 4.79 Å². The third kappa shape index (κ3) is 2.66. The molecule has 1 saturated heterocycles. The summed E-state index contributed by atoms with van der Waals surface area (Å²) in [6.07, 6.45) is 4.76. The van der Waals surface area contributed by atoms with E-state index in [2.05, 4.69) is 10.6 Å². The van der Waals surface area contributed by atoms with Crippen molar-refractivity contribution in [3.8, 4) is 5.75 Å². The average molecular weight is 274 g/mol. The highest BCUT2D eigenvalue weighted by atomic mass is 16.5. The number of rotatable bonds is 3. The van der Waals surface area contributed by atoms with Crippen molar-refractivity contribution in [1.82, 2.24) is 10.6 Å². The fourth-order valence-electron chi connectivity index (χ4n) is 3.49. The third-order valence-corrected chi connectivity index (χ3v) is 4.69. The number of piperidine rings is 1. The highest BCUT2D eigenvalue weighted by Crippen LogP contribution is 2.47. The summed E-state index contributed by atoms with van der Waals surface area (Å²) in [6.45, 7) is 2.24. The molecule has 1 aliphatic carbocycles. The second-order valence-electron chi connectivity index (χ2n) is 6.06. The second kappa shape index (κ2) is 5.44. The van der Waals surface area contributed by atoms with E-state index in [1.54, 1.807) is 13.2 Å². The lowest BCUT2D eigenvalue weighted by atomic mass is 9.60. The summed E-state index contributed by atoms with van der Waals surface area (Å²) >= 11 is 0. The Morgan fingerprint density at radius 3 is 2.80 bits per heavy atom. The van der Waals surface area contributed by atoms with Gasteiger partial charge in [0.05, 0.1) is 7.11 Å². The molecule has 1 saturated carbocycles. The van der Waals surface area contributed by atoms with Gasteiger partial charge < -0.3 is 15.4 Å². The van der Waals surface area contributed by atoms with Crippen LogP contribution in [0, 0.1) is 5.41 Å². The van der Waals surface area contributed by atoms with E-state index in [1.807, 2.05) is 18.2 Å². The first kappa shape index (κ1) is 13.4. The first-order valence-corrected chi connectivity index (χ1v) is 7.36. The third-order valence-electron chi connectivity index (χ3n) is 4.69. The van der Waals surface area contributed by atoms with Crippen LogP contribution in [0.4, 0.5) is 0 Å². The van der Waals surface area contributed by atoms with Crippen molar-refractivity contribution in [2.24, 2.45) is 5.41 Å². The van der Waals surface area contributed by atoms with E-state index in [0.717, 1.165) is 31.7 Å². The SMILES string of the molecule is COc1cccc(C(=O)NC2CC3(CCNCC3)C2)c1. The molecule has 1 aromatic rings. The van der Waals surface area contributed by atoms with Gasteiger partial charge in [-0.05, 0) is 62.4 Å². The Morgan fingerprint density at radius 2 is 2.10 bits per heavy atom. The lowest BCUT2D eigenvalue weighted by Gasteiger charge is -2.50. The van der Waals surface area contributed by atoms with E-state index in [9.17, 15) is 4.79 Å². The Balaban J connectivity index is 1.55. The molecule has 0 atom stereocenters. The topological polar surface area (TPSA) is 50.4 Å². The summed E-state index contributed by atoms with van der Waals surface area (Å²) in [5.74, 6) is 0.735. The molecule has 0 unspecified atom stereocenters.